The Labute approximate surface area is 136 Å². The number of benzene rings is 2. The topological polar surface area (TPSA) is 85.1 Å². The number of aromatic nitrogens is 2. The Morgan fingerprint density at radius 2 is 1.96 bits per heavy atom. The Kier molecular flexibility index (Phi) is 3.37. The zero-order chi connectivity index (χ0) is 15.9. The number of fused-ring (bicyclic) bond motifs is 2. The molecule has 6 nitrogen and oxygen atoms in total. The summed E-state index contributed by atoms with van der Waals surface area (Å²) in [5.41, 5.74) is 1.68. The molecule has 0 aliphatic carbocycles. The second kappa shape index (κ2) is 5.41. The average Bonchev–Trinajstić information content (AvgIpc) is 3.18. The molecule has 0 fully saturated rings. The van der Waals surface area contributed by atoms with Gasteiger partial charge in [0.15, 0.2) is 0 Å². The molecule has 2 aromatic carbocycles. The minimum absolute atomic E-state index is 0.0744. The minimum Gasteiger partial charge on any atom is -0.460 e. The lowest BCUT2D eigenvalue weighted by Gasteiger charge is -2.05. The zero-order valence-corrected chi connectivity index (χ0v) is 13.4. The van der Waals surface area contributed by atoms with Crippen molar-refractivity contribution in [2.75, 3.05) is 0 Å². The van der Waals surface area contributed by atoms with E-state index in [1.54, 1.807) is 12.1 Å². The molecule has 0 saturated carbocycles. The number of sulfonamides is 1. The predicted molar refractivity (Wildman–Crippen MR) is 87.7 cm³/mol. The van der Waals surface area contributed by atoms with Gasteiger partial charge in [-0.15, -0.1) is 0 Å². The van der Waals surface area contributed by atoms with Crippen molar-refractivity contribution in [1.29, 1.82) is 0 Å². The molecule has 116 valence electrons. The smallest absolute Gasteiger partial charge is 0.243 e. The van der Waals surface area contributed by atoms with Gasteiger partial charge in [0.25, 0.3) is 0 Å². The Morgan fingerprint density at radius 1 is 1.09 bits per heavy atom. The van der Waals surface area contributed by atoms with E-state index in [4.69, 9.17) is 4.42 Å². The second-order valence-corrected chi connectivity index (χ2v) is 7.23. The largest absolute Gasteiger partial charge is 0.460 e. The SMILES string of the molecule is O=S(=O)(NCc1cc2ccccc2o1)c1cccc2nsnc12. The highest BCUT2D eigenvalue weighted by atomic mass is 32.2. The van der Waals surface area contributed by atoms with Crippen molar-refractivity contribution in [3.05, 3.63) is 54.3 Å². The third kappa shape index (κ3) is 2.61. The van der Waals surface area contributed by atoms with Gasteiger partial charge in [-0.3, -0.25) is 0 Å². The van der Waals surface area contributed by atoms with Gasteiger partial charge in [-0.05, 0) is 24.3 Å². The first kappa shape index (κ1) is 14.3. The molecule has 0 aliphatic heterocycles. The normalized spacial score (nSPS) is 12.2. The number of hydrogen-bond donors (Lipinski definition) is 1. The van der Waals surface area contributed by atoms with Crippen molar-refractivity contribution in [2.45, 2.75) is 11.4 Å². The summed E-state index contributed by atoms with van der Waals surface area (Å²) in [6, 6.07) is 14.3. The summed E-state index contributed by atoms with van der Waals surface area (Å²) >= 11 is 0.990. The van der Waals surface area contributed by atoms with Crippen molar-refractivity contribution < 1.29 is 12.8 Å². The van der Waals surface area contributed by atoms with E-state index < -0.39 is 10.0 Å². The van der Waals surface area contributed by atoms with Crippen molar-refractivity contribution in [3.63, 3.8) is 0 Å². The van der Waals surface area contributed by atoms with E-state index in [1.165, 1.54) is 6.07 Å². The average molecular weight is 345 g/mol. The Bertz CT molecular complexity index is 1070. The molecule has 4 rings (SSSR count). The highest BCUT2D eigenvalue weighted by molar-refractivity contribution is 7.89. The van der Waals surface area contributed by atoms with Gasteiger partial charge in [-0.25, -0.2) is 13.1 Å². The van der Waals surface area contributed by atoms with Crippen LogP contribution in [0.2, 0.25) is 0 Å². The van der Waals surface area contributed by atoms with Crippen LogP contribution in [0, 0.1) is 0 Å². The van der Waals surface area contributed by atoms with Crippen molar-refractivity contribution in [1.82, 2.24) is 13.5 Å². The first-order chi connectivity index (χ1) is 11.1. The Morgan fingerprint density at radius 3 is 2.83 bits per heavy atom. The minimum atomic E-state index is -3.70. The van der Waals surface area contributed by atoms with Crippen molar-refractivity contribution in [3.8, 4) is 0 Å². The van der Waals surface area contributed by atoms with E-state index in [9.17, 15) is 8.42 Å². The first-order valence-corrected chi connectivity index (χ1v) is 9.03. The lowest BCUT2D eigenvalue weighted by Crippen LogP contribution is -2.23. The maximum absolute atomic E-state index is 12.5. The summed E-state index contributed by atoms with van der Waals surface area (Å²) in [5, 5.41) is 0.938. The first-order valence-electron chi connectivity index (χ1n) is 6.82. The van der Waals surface area contributed by atoms with Crippen LogP contribution in [0.1, 0.15) is 5.76 Å². The molecular weight excluding hydrogens is 334 g/mol. The lowest BCUT2D eigenvalue weighted by molar-refractivity contribution is 0.530. The molecular formula is C15H11N3O3S2. The van der Waals surface area contributed by atoms with Crippen LogP contribution in [0.4, 0.5) is 0 Å². The molecule has 0 saturated heterocycles. The third-order valence-corrected chi connectivity index (χ3v) is 5.43. The van der Waals surface area contributed by atoms with Crippen LogP contribution >= 0.6 is 11.7 Å². The van der Waals surface area contributed by atoms with E-state index in [0.29, 0.717) is 16.8 Å². The molecule has 23 heavy (non-hydrogen) atoms. The molecule has 0 amide bonds. The molecule has 1 N–H and O–H groups in total. The van der Waals surface area contributed by atoms with Crippen LogP contribution in [0.5, 0.6) is 0 Å². The van der Waals surface area contributed by atoms with Gasteiger partial charge in [0.1, 0.15) is 27.3 Å². The number of rotatable bonds is 4. The number of furan rings is 1. The van der Waals surface area contributed by atoms with E-state index in [0.717, 1.165) is 22.7 Å². The van der Waals surface area contributed by atoms with Crippen molar-refractivity contribution >= 4 is 43.8 Å². The molecule has 0 bridgehead atoms. The summed E-state index contributed by atoms with van der Waals surface area (Å²) in [6.07, 6.45) is 0. The van der Waals surface area contributed by atoms with Crippen molar-refractivity contribution in [2.24, 2.45) is 0 Å². The molecule has 2 aromatic heterocycles. The van der Waals surface area contributed by atoms with Gasteiger partial charge in [0.05, 0.1) is 18.3 Å². The van der Waals surface area contributed by atoms with Crippen LogP contribution in [0.25, 0.3) is 22.0 Å². The summed E-state index contributed by atoms with van der Waals surface area (Å²) < 4.78 is 41.3. The molecule has 2 heterocycles. The molecule has 0 radical (unpaired) electrons. The Hall–Kier alpha value is -2.29. The molecule has 0 spiro atoms. The number of hydrogen-bond acceptors (Lipinski definition) is 6. The number of nitrogens with zero attached hydrogens (tertiary/aromatic N) is 2. The van der Waals surface area contributed by atoms with Gasteiger partial charge in [0, 0.05) is 5.39 Å². The molecule has 4 aromatic rings. The second-order valence-electron chi connectivity index (χ2n) is 4.96. The zero-order valence-electron chi connectivity index (χ0n) is 11.8. The molecule has 0 aliphatic rings. The van der Waals surface area contributed by atoms with Crippen LogP contribution in [0.15, 0.2) is 57.8 Å². The van der Waals surface area contributed by atoms with Gasteiger partial charge >= 0.3 is 0 Å². The van der Waals surface area contributed by atoms with Gasteiger partial charge in [-0.2, -0.15) is 8.75 Å². The van der Waals surface area contributed by atoms with Gasteiger partial charge < -0.3 is 4.42 Å². The van der Waals surface area contributed by atoms with E-state index >= 15 is 0 Å². The number of para-hydroxylation sites is 1. The summed E-state index contributed by atoms with van der Waals surface area (Å²) in [5.74, 6) is 0.554. The predicted octanol–water partition coefficient (Wildman–Crippen LogP) is 2.92. The lowest BCUT2D eigenvalue weighted by atomic mass is 10.2. The van der Waals surface area contributed by atoms with Crippen LogP contribution in [-0.4, -0.2) is 17.2 Å². The maximum Gasteiger partial charge on any atom is 0.243 e. The van der Waals surface area contributed by atoms with Crippen LogP contribution < -0.4 is 4.72 Å². The summed E-state index contributed by atoms with van der Waals surface area (Å²) in [6.45, 7) is 0.0744. The van der Waals surface area contributed by atoms with Crippen LogP contribution in [0.3, 0.4) is 0 Å². The monoisotopic (exact) mass is 345 g/mol. The fraction of sp³-hybridized carbons (Fsp3) is 0.0667. The molecule has 0 unspecified atom stereocenters. The van der Waals surface area contributed by atoms with Gasteiger partial charge in [0.2, 0.25) is 10.0 Å². The fourth-order valence-corrected chi connectivity index (χ4v) is 4.12. The van der Waals surface area contributed by atoms with E-state index in [2.05, 4.69) is 13.5 Å². The fourth-order valence-electron chi connectivity index (χ4n) is 2.37. The standard InChI is InChI=1S/C15H11N3O3S2/c19-23(20,14-7-3-5-12-15(14)18-22-17-12)16-9-11-8-10-4-1-2-6-13(10)21-11/h1-8,16H,9H2. The van der Waals surface area contributed by atoms with E-state index in [-0.39, 0.29) is 11.4 Å². The third-order valence-electron chi connectivity index (χ3n) is 3.45. The van der Waals surface area contributed by atoms with E-state index in [1.807, 2.05) is 30.3 Å². The quantitative estimate of drug-likeness (QED) is 0.615. The highest BCUT2D eigenvalue weighted by Crippen LogP contribution is 2.22. The Balaban J connectivity index is 1.63. The van der Waals surface area contributed by atoms with Gasteiger partial charge in [-0.1, -0.05) is 24.3 Å². The molecule has 8 heteroatoms. The molecule has 0 atom stereocenters. The highest BCUT2D eigenvalue weighted by Gasteiger charge is 2.19. The number of nitrogens with one attached hydrogen (secondary N) is 1. The maximum atomic E-state index is 12.5. The summed E-state index contributed by atoms with van der Waals surface area (Å²) in [7, 11) is -3.70. The summed E-state index contributed by atoms with van der Waals surface area (Å²) in [4.78, 5) is 0.125. The van der Waals surface area contributed by atoms with Crippen LogP contribution in [-0.2, 0) is 16.6 Å².